The van der Waals surface area contributed by atoms with Gasteiger partial charge in [-0.1, -0.05) is 6.07 Å². The van der Waals surface area contributed by atoms with Crippen LogP contribution in [-0.2, 0) is 0 Å². The quantitative estimate of drug-likeness (QED) is 0.850. The van der Waals surface area contributed by atoms with Crippen molar-refractivity contribution in [1.82, 2.24) is 5.32 Å². The van der Waals surface area contributed by atoms with E-state index in [1.54, 1.807) is 0 Å². The topological polar surface area (TPSA) is 30.5 Å². The molecular weight excluding hydrogens is 258 g/mol. The Hall–Kier alpha value is -0.740. The van der Waals surface area contributed by atoms with Crippen LogP contribution in [0.25, 0.3) is 0 Å². The lowest BCUT2D eigenvalue weighted by Crippen LogP contribution is -2.13. The zero-order chi connectivity index (χ0) is 10.3. The summed E-state index contributed by atoms with van der Waals surface area (Å²) in [6.45, 7) is 1.42. The molecule has 1 fully saturated rings. The first-order valence-electron chi connectivity index (χ1n) is 5.17. The molecule has 3 rings (SSSR count). The number of halogens is 1. The number of nitrogens with one attached hydrogen (secondary N) is 1. The van der Waals surface area contributed by atoms with E-state index >= 15 is 0 Å². The number of rotatable bonds is 1. The van der Waals surface area contributed by atoms with Gasteiger partial charge in [0, 0.05) is 11.6 Å². The molecule has 0 saturated carbocycles. The van der Waals surface area contributed by atoms with Crippen molar-refractivity contribution < 1.29 is 9.47 Å². The van der Waals surface area contributed by atoms with Gasteiger partial charge in [-0.2, -0.15) is 0 Å². The van der Waals surface area contributed by atoms with Crippen molar-refractivity contribution in [2.45, 2.75) is 18.9 Å². The van der Waals surface area contributed by atoms with Crippen LogP contribution in [0.3, 0.4) is 0 Å². The van der Waals surface area contributed by atoms with Crippen LogP contribution in [0.15, 0.2) is 16.6 Å². The predicted octanol–water partition coefficient (Wildman–Crippen LogP) is 2.60. The van der Waals surface area contributed by atoms with Crippen LogP contribution in [0.4, 0.5) is 0 Å². The number of hydrogen-bond acceptors (Lipinski definition) is 3. The predicted molar refractivity (Wildman–Crippen MR) is 60.2 cm³/mol. The van der Waals surface area contributed by atoms with E-state index in [-0.39, 0.29) is 0 Å². The smallest absolute Gasteiger partial charge is 0.231 e. The highest BCUT2D eigenvalue weighted by Gasteiger charge is 2.26. The Kier molecular flexibility index (Phi) is 2.33. The largest absolute Gasteiger partial charge is 0.453 e. The third kappa shape index (κ3) is 1.52. The van der Waals surface area contributed by atoms with E-state index in [0.29, 0.717) is 12.8 Å². The normalized spacial score (nSPS) is 23.4. The molecule has 1 unspecified atom stereocenters. The second-order valence-corrected chi connectivity index (χ2v) is 4.70. The van der Waals surface area contributed by atoms with E-state index in [1.165, 1.54) is 18.4 Å². The Balaban J connectivity index is 2.04. The third-order valence-corrected chi connectivity index (χ3v) is 3.56. The molecule has 1 atom stereocenters. The molecule has 0 spiro atoms. The SMILES string of the molecule is Brc1ccc(C2CCCN2)c2c1OCO2. The molecule has 80 valence electrons. The van der Waals surface area contributed by atoms with Gasteiger partial charge in [0.1, 0.15) is 0 Å². The molecule has 3 nitrogen and oxygen atoms in total. The van der Waals surface area contributed by atoms with Crippen LogP contribution in [0.5, 0.6) is 11.5 Å². The molecule has 0 amide bonds. The summed E-state index contributed by atoms with van der Waals surface area (Å²) >= 11 is 3.46. The minimum absolute atomic E-state index is 0.331. The molecule has 1 aromatic carbocycles. The van der Waals surface area contributed by atoms with E-state index in [2.05, 4.69) is 27.3 Å². The van der Waals surface area contributed by atoms with Crippen LogP contribution in [0.1, 0.15) is 24.4 Å². The highest BCUT2D eigenvalue weighted by Crippen LogP contribution is 2.45. The third-order valence-electron chi connectivity index (χ3n) is 2.94. The number of benzene rings is 1. The Labute approximate surface area is 96.9 Å². The average molecular weight is 270 g/mol. The molecule has 2 aliphatic rings. The second-order valence-electron chi connectivity index (χ2n) is 3.85. The van der Waals surface area contributed by atoms with E-state index in [0.717, 1.165) is 22.5 Å². The Morgan fingerprint density at radius 1 is 1.27 bits per heavy atom. The first kappa shape index (κ1) is 9.48. The van der Waals surface area contributed by atoms with Gasteiger partial charge in [0.25, 0.3) is 0 Å². The molecular formula is C11H12BrNO2. The van der Waals surface area contributed by atoms with Crippen molar-refractivity contribution in [1.29, 1.82) is 0 Å². The van der Waals surface area contributed by atoms with E-state index in [9.17, 15) is 0 Å². The molecule has 1 aromatic rings. The number of fused-ring (bicyclic) bond motifs is 1. The van der Waals surface area contributed by atoms with Gasteiger partial charge in [-0.25, -0.2) is 0 Å². The molecule has 0 aliphatic carbocycles. The van der Waals surface area contributed by atoms with Crippen LogP contribution < -0.4 is 14.8 Å². The maximum Gasteiger partial charge on any atom is 0.231 e. The first-order valence-corrected chi connectivity index (χ1v) is 5.97. The molecule has 2 aliphatic heterocycles. The van der Waals surface area contributed by atoms with Gasteiger partial charge in [-0.05, 0) is 41.4 Å². The van der Waals surface area contributed by atoms with Crippen LogP contribution in [0, 0.1) is 0 Å². The highest BCUT2D eigenvalue weighted by atomic mass is 79.9. The summed E-state index contributed by atoms with van der Waals surface area (Å²) in [4.78, 5) is 0. The van der Waals surface area contributed by atoms with Crippen molar-refractivity contribution in [2.24, 2.45) is 0 Å². The summed E-state index contributed by atoms with van der Waals surface area (Å²) in [5, 5.41) is 3.47. The van der Waals surface area contributed by atoms with Crippen LogP contribution in [-0.4, -0.2) is 13.3 Å². The summed E-state index contributed by atoms with van der Waals surface area (Å²) in [5.41, 5.74) is 1.23. The van der Waals surface area contributed by atoms with Gasteiger partial charge in [0.2, 0.25) is 6.79 Å². The fourth-order valence-corrected chi connectivity index (χ4v) is 2.64. The maximum absolute atomic E-state index is 5.53. The molecule has 0 aromatic heterocycles. The molecule has 1 N–H and O–H groups in total. The molecule has 15 heavy (non-hydrogen) atoms. The van der Waals surface area contributed by atoms with Gasteiger partial charge in [-0.15, -0.1) is 0 Å². The summed E-state index contributed by atoms with van der Waals surface area (Å²) in [5.74, 6) is 1.75. The van der Waals surface area contributed by atoms with Gasteiger partial charge in [-0.3, -0.25) is 0 Å². The highest BCUT2D eigenvalue weighted by molar-refractivity contribution is 9.10. The lowest BCUT2D eigenvalue weighted by molar-refractivity contribution is 0.172. The fraction of sp³-hybridized carbons (Fsp3) is 0.455. The molecule has 2 heterocycles. The van der Waals surface area contributed by atoms with E-state index in [1.807, 2.05) is 6.07 Å². The number of ether oxygens (including phenoxy) is 2. The molecule has 0 radical (unpaired) electrons. The van der Waals surface area contributed by atoms with Crippen LogP contribution in [0.2, 0.25) is 0 Å². The summed E-state index contributed by atoms with van der Waals surface area (Å²) in [7, 11) is 0. The zero-order valence-corrected chi connectivity index (χ0v) is 9.84. The monoisotopic (exact) mass is 269 g/mol. The van der Waals surface area contributed by atoms with Crippen molar-refractivity contribution in [2.75, 3.05) is 13.3 Å². The Bertz CT molecular complexity index is 388. The minimum Gasteiger partial charge on any atom is -0.453 e. The lowest BCUT2D eigenvalue weighted by atomic mass is 10.0. The van der Waals surface area contributed by atoms with Gasteiger partial charge in [0.15, 0.2) is 11.5 Å². The summed E-state index contributed by atoms with van der Waals surface area (Å²) in [6.07, 6.45) is 2.41. The average Bonchev–Trinajstić information content (AvgIpc) is 2.88. The molecule has 1 saturated heterocycles. The van der Waals surface area contributed by atoms with E-state index < -0.39 is 0 Å². The van der Waals surface area contributed by atoms with Crippen molar-refractivity contribution in [3.8, 4) is 11.5 Å². The fourth-order valence-electron chi connectivity index (χ4n) is 2.21. The van der Waals surface area contributed by atoms with Crippen molar-refractivity contribution in [3.63, 3.8) is 0 Å². The first-order chi connectivity index (χ1) is 7.36. The zero-order valence-electron chi connectivity index (χ0n) is 8.25. The Morgan fingerprint density at radius 3 is 2.93 bits per heavy atom. The molecule has 4 heteroatoms. The lowest BCUT2D eigenvalue weighted by Gasteiger charge is -2.13. The van der Waals surface area contributed by atoms with Gasteiger partial charge < -0.3 is 14.8 Å². The number of hydrogen-bond donors (Lipinski definition) is 1. The van der Waals surface area contributed by atoms with E-state index in [4.69, 9.17) is 9.47 Å². The summed E-state index contributed by atoms with van der Waals surface area (Å²) in [6, 6.07) is 4.57. The van der Waals surface area contributed by atoms with Gasteiger partial charge >= 0.3 is 0 Å². The maximum atomic E-state index is 5.53. The van der Waals surface area contributed by atoms with Gasteiger partial charge in [0.05, 0.1) is 4.47 Å². The van der Waals surface area contributed by atoms with Crippen LogP contribution >= 0.6 is 15.9 Å². The summed E-state index contributed by atoms with van der Waals surface area (Å²) < 4.78 is 11.9. The minimum atomic E-state index is 0.331. The second kappa shape index (κ2) is 3.68. The Morgan fingerprint density at radius 2 is 2.13 bits per heavy atom. The van der Waals surface area contributed by atoms with Crippen molar-refractivity contribution >= 4 is 15.9 Å². The standard InChI is InChI=1S/C11H12BrNO2/c12-8-4-3-7(9-2-1-5-13-9)10-11(8)15-6-14-10/h3-4,9,13H,1-2,5-6H2. The molecule has 0 bridgehead atoms. The van der Waals surface area contributed by atoms with Crippen molar-refractivity contribution in [3.05, 3.63) is 22.2 Å².